The highest BCUT2D eigenvalue weighted by atomic mass is 35.5. The van der Waals surface area contributed by atoms with Crippen LogP contribution in [0.15, 0.2) is 155 Å². The molecule has 0 unspecified atom stereocenters. The van der Waals surface area contributed by atoms with E-state index in [0.717, 1.165) is 190 Å². The fourth-order valence-electron chi connectivity index (χ4n) is 17.3. The molecule has 4 aliphatic carbocycles. The Bertz CT molecular complexity index is 6850. The average Bonchev–Trinajstić information content (AvgIpc) is 1.67. The summed E-state index contributed by atoms with van der Waals surface area (Å²) in [6.45, 7) is 37.7. The number of pyridine rings is 5. The van der Waals surface area contributed by atoms with Crippen molar-refractivity contribution in [3.05, 3.63) is 259 Å². The van der Waals surface area contributed by atoms with Gasteiger partial charge in [0.15, 0.2) is 63.0 Å². The van der Waals surface area contributed by atoms with Gasteiger partial charge in [-0.05, 0) is 280 Å². The largest absolute Gasteiger partial charge is 0.456 e. The van der Waals surface area contributed by atoms with Crippen LogP contribution in [0.3, 0.4) is 0 Å². The third-order valence-corrected chi connectivity index (χ3v) is 27.4. The van der Waals surface area contributed by atoms with Crippen molar-refractivity contribution in [1.82, 2.24) is 97.2 Å². The maximum Gasteiger partial charge on any atom is 0.289 e. The molecule has 0 bridgehead atoms. The summed E-state index contributed by atoms with van der Waals surface area (Å²) in [6.07, 6.45) is 25.2. The Kier molecular flexibility index (Phi) is 35.1. The van der Waals surface area contributed by atoms with Crippen LogP contribution in [0.2, 0.25) is 5.02 Å². The fraction of sp³-hybridized carbons (Fsp3) is 0.464. The van der Waals surface area contributed by atoms with Crippen molar-refractivity contribution in [3.8, 4) is 0 Å². The van der Waals surface area contributed by atoms with Gasteiger partial charge >= 0.3 is 0 Å². The number of imidazole rings is 5. The predicted molar refractivity (Wildman–Crippen MR) is 549 cm³/mol. The number of thiophene rings is 1. The Hall–Kier alpha value is -12.8. The van der Waals surface area contributed by atoms with Crippen LogP contribution < -0.4 is 0 Å². The van der Waals surface area contributed by atoms with Gasteiger partial charge in [-0.1, -0.05) is 86.8 Å². The summed E-state index contributed by atoms with van der Waals surface area (Å²) in [5.74, 6) is 2.46. The van der Waals surface area contributed by atoms with E-state index in [-0.39, 0.29) is 48.7 Å². The van der Waals surface area contributed by atoms with Gasteiger partial charge in [0, 0.05) is 118 Å². The summed E-state index contributed by atoms with van der Waals surface area (Å²) in [7, 11) is 0. The average molecular weight is 1990 g/mol. The lowest BCUT2D eigenvalue weighted by atomic mass is 10.1. The number of benzene rings is 2. The smallest absolute Gasteiger partial charge is 0.289 e. The Balaban J connectivity index is 0.000000135. The third kappa shape index (κ3) is 27.0. The number of halogens is 5. The van der Waals surface area contributed by atoms with Crippen molar-refractivity contribution < 1.29 is 50.4 Å². The molecule has 33 heteroatoms. The zero-order valence-corrected chi connectivity index (χ0v) is 86.3. The lowest BCUT2D eigenvalue weighted by molar-refractivity contribution is 0.0691. The van der Waals surface area contributed by atoms with E-state index >= 15 is 0 Å². The van der Waals surface area contributed by atoms with Crippen molar-refractivity contribution in [2.75, 3.05) is 32.7 Å². The first-order valence-corrected chi connectivity index (χ1v) is 51.8. The minimum Gasteiger partial charge on any atom is -0.456 e. The van der Waals surface area contributed by atoms with Crippen LogP contribution in [0.1, 0.15) is 267 Å². The van der Waals surface area contributed by atoms with Crippen molar-refractivity contribution >= 4 is 108 Å². The van der Waals surface area contributed by atoms with Crippen molar-refractivity contribution in [3.63, 3.8) is 0 Å². The van der Waals surface area contributed by atoms with Crippen molar-refractivity contribution in [2.45, 2.75) is 259 Å². The molecule has 0 spiro atoms. The molecule has 0 atom stereocenters. The maximum atomic E-state index is 14.4. The molecule has 4 saturated carbocycles. The first-order chi connectivity index (χ1) is 68.9. The number of carbonyl (C=O) groups is 5. The van der Waals surface area contributed by atoms with E-state index in [0.29, 0.717) is 127 Å². The second kappa shape index (κ2) is 48.0. The number of rotatable bonds is 39. The van der Waals surface area contributed by atoms with Crippen LogP contribution in [0, 0.1) is 99.3 Å². The molecule has 4 fully saturated rings. The third-order valence-electron chi connectivity index (χ3n) is 26.2. The quantitative estimate of drug-likeness (QED) is 0.0196. The van der Waals surface area contributed by atoms with E-state index in [1.54, 1.807) is 60.1 Å². The molecule has 5 amide bonds. The van der Waals surface area contributed by atoms with Crippen molar-refractivity contribution in [2.24, 2.45) is 41.4 Å². The van der Waals surface area contributed by atoms with Crippen LogP contribution in [0.25, 0.3) is 55.8 Å². The van der Waals surface area contributed by atoms with Gasteiger partial charge in [0.1, 0.15) is 73.8 Å². The summed E-state index contributed by atoms with van der Waals surface area (Å²) < 4.78 is 78.4. The van der Waals surface area contributed by atoms with Crippen LogP contribution >= 0.6 is 22.9 Å². The lowest BCUT2D eigenvalue weighted by Gasteiger charge is -2.25. The van der Waals surface area contributed by atoms with Gasteiger partial charge in [0.05, 0.1) is 37.6 Å². The second-order valence-electron chi connectivity index (χ2n) is 39.8. The second-order valence-corrected chi connectivity index (χ2v) is 41.5. The summed E-state index contributed by atoms with van der Waals surface area (Å²) in [6, 6.07) is 33.9. The molecule has 0 N–H and O–H groups in total. The van der Waals surface area contributed by atoms with E-state index in [1.807, 2.05) is 164 Å². The summed E-state index contributed by atoms with van der Waals surface area (Å²) in [5.41, 5.74) is 9.94. The topological polar surface area (TPSA) is 281 Å². The fourth-order valence-corrected chi connectivity index (χ4v) is 18.3. The predicted octanol–water partition coefficient (Wildman–Crippen LogP) is 23.8. The number of aryl methyl sites for hydroxylation is 6. The van der Waals surface area contributed by atoms with Gasteiger partial charge in [-0.2, -0.15) is 0 Å². The number of amides is 5. The van der Waals surface area contributed by atoms with Crippen LogP contribution in [0.5, 0.6) is 0 Å². The molecule has 0 saturated heterocycles. The van der Waals surface area contributed by atoms with E-state index in [4.69, 9.17) is 40.4 Å². The summed E-state index contributed by atoms with van der Waals surface area (Å²) in [4.78, 5) is 123. The molecule has 0 radical (unpaired) electrons. The highest BCUT2D eigenvalue weighted by Gasteiger charge is 2.36. The Morgan fingerprint density at radius 1 is 0.399 bits per heavy atom. The maximum absolute atomic E-state index is 14.4. The molecule has 756 valence electrons. The number of hydrogen-bond donors (Lipinski definition) is 0. The van der Waals surface area contributed by atoms with Crippen LogP contribution in [0.4, 0.5) is 17.6 Å². The van der Waals surface area contributed by atoms with E-state index in [2.05, 4.69) is 96.6 Å². The zero-order valence-electron chi connectivity index (χ0n) is 84.7. The van der Waals surface area contributed by atoms with Gasteiger partial charge in [-0.25, -0.2) is 67.4 Å². The molecular formula is C110H133ClF4N20O7S. The van der Waals surface area contributed by atoms with Crippen LogP contribution in [-0.4, -0.2) is 159 Å². The molecular weight excluding hydrogens is 1860 g/mol. The van der Waals surface area contributed by atoms with Gasteiger partial charge in [-0.15, -0.1) is 11.3 Å². The Morgan fingerprint density at radius 2 is 0.755 bits per heavy atom. The number of fused-ring (bicyclic) bond motifs is 5. The van der Waals surface area contributed by atoms with E-state index < -0.39 is 34.7 Å². The number of hydrogen-bond acceptors (Lipinski definition) is 18. The molecule has 15 aromatic rings. The van der Waals surface area contributed by atoms with Crippen LogP contribution in [-0.2, 0) is 65.4 Å². The molecule has 4 aliphatic rings. The minimum atomic E-state index is -1.70. The highest BCUT2D eigenvalue weighted by molar-refractivity contribution is 7.13. The first-order valence-electron chi connectivity index (χ1n) is 50.7. The monoisotopic (exact) mass is 1990 g/mol. The highest BCUT2D eigenvalue weighted by Crippen LogP contribution is 2.38. The Morgan fingerprint density at radius 3 is 1.08 bits per heavy atom. The van der Waals surface area contributed by atoms with Gasteiger partial charge in [0.25, 0.3) is 29.5 Å². The molecule has 27 nitrogen and oxygen atoms in total. The normalized spacial score (nSPS) is 13.5. The van der Waals surface area contributed by atoms with E-state index in [1.165, 1.54) is 43.4 Å². The zero-order chi connectivity index (χ0) is 101. The molecule has 13 heterocycles. The van der Waals surface area contributed by atoms with Gasteiger partial charge in [-0.3, -0.25) is 24.0 Å². The SMILES string of the molecule is CC(C)CCN(Cc1nc2cccnc2n1CC1CC1)C(=O)c1c(F)c(F)cc(F)c1F.CCCCCN(Cc1nc2cccnc2n1CC1CC1)C(=O)c1cc(C)c(C)o1.CCCN(Cc1nc2cccnc2n1CC1CC1)C(=O)c1ccc(C)s1.CCCn1c(CN(CC(C)C)C(=O)c2ccc(Cl)cc2)nc2cccnc21.Cc1cc(C(=O)N(CCC(C)C)Cc2nc3cccnc3n2CC2CC2)oc1C. The first kappa shape index (κ1) is 104. The number of carbonyl (C=O) groups excluding carboxylic acids is 5. The summed E-state index contributed by atoms with van der Waals surface area (Å²) in [5, 5.41) is 0.623. The number of aromatic nitrogens is 15. The standard InChI is InChI=1S/C23H24F4N4O.2C23H30N4O2.C21H25ClN4O.C20H24N4OS/c1-13(2)7-9-30(23(32)19-20(26)15(24)10-16(25)21(19)27)12-18-29-17-4-3-8-28-22(17)31(18)11-14-5-6-14;1-15(2)9-11-26(23(28)20-12-16(3)17(4)29-20)14-21-25-19-6-5-10-24-22(19)27(21)13-18-7-8-18;1-4-5-6-12-26(23(28)20-13-16(2)17(3)29-20)15-21-25-19-8-7-11-24-22(19)27(21)14-18-9-10-18;1-4-12-26-19(24-18-6-5-11-23-20(18)26)14-25(13-15(2)3)21(27)16-7-9-17(22)10-8-16;1-3-11-23(20(25)17-9-6-14(2)26-17)13-18-22-16-5-4-10-21-19(16)24(18)12-15-7-8-15/h3-4,8,10,13-14H,5-7,9,11-12H2,1-2H3;5-6,10,12,15,18H,7-9,11,13-14H2,1-4H3;7-8,11,13,18H,4-6,9-10,12,14-15H2,1-3H3;5-11,15H,4,12-14H2,1-3H3;4-6,9-10,15H,3,7-8,11-13H2,1-2H3. The minimum absolute atomic E-state index is 0.0107. The molecule has 19 rings (SSSR count). The number of unbranched alkanes of at least 4 members (excludes halogenated alkanes) is 2. The van der Waals surface area contributed by atoms with Crippen molar-refractivity contribution in [1.29, 1.82) is 0 Å². The molecule has 2 aromatic carbocycles. The van der Waals surface area contributed by atoms with Gasteiger partial charge < -0.3 is 56.2 Å². The summed E-state index contributed by atoms with van der Waals surface area (Å²) >= 11 is 7.53. The lowest BCUT2D eigenvalue weighted by Crippen LogP contribution is -2.35. The number of nitrogens with zero attached hydrogens (tertiary/aromatic N) is 20. The van der Waals surface area contributed by atoms with Gasteiger partial charge in [0.2, 0.25) is 0 Å². The Labute approximate surface area is 842 Å². The molecule has 143 heavy (non-hydrogen) atoms. The van der Waals surface area contributed by atoms with E-state index in [9.17, 15) is 41.5 Å². The molecule has 13 aromatic heterocycles. The number of furan rings is 2. The molecule has 0 aliphatic heterocycles.